The first-order valence-corrected chi connectivity index (χ1v) is 13.1. The predicted molar refractivity (Wildman–Crippen MR) is 143 cm³/mol. The Balaban J connectivity index is 1.59. The number of rotatable bonds is 12. The Hall–Kier alpha value is -3.05. The average Bonchev–Trinajstić information content (AvgIpc) is 2.88. The number of esters is 1. The monoisotopic (exact) mass is 490 g/mol. The number of aryl methyl sites for hydroxylation is 3. The molecule has 0 amide bonds. The topological polar surface area (TPSA) is 52.6 Å². The fourth-order valence-corrected chi connectivity index (χ4v) is 4.93. The van der Waals surface area contributed by atoms with E-state index in [0.29, 0.717) is 29.7 Å². The second-order valence-corrected chi connectivity index (χ2v) is 9.78. The summed E-state index contributed by atoms with van der Waals surface area (Å²) in [6.07, 6.45) is 2.77. The van der Waals surface area contributed by atoms with Gasteiger partial charge in [-0.2, -0.15) is 0 Å². The summed E-state index contributed by atoms with van der Waals surface area (Å²) in [6.45, 7) is 6.21. The Morgan fingerprint density at radius 1 is 1.00 bits per heavy atom. The first-order chi connectivity index (χ1) is 16.9. The Morgan fingerprint density at radius 3 is 2.46 bits per heavy atom. The molecule has 5 heteroatoms. The zero-order valence-electron chi connectivity index (χ0n) is 21.0. The van der Waals surface area contributed by atoms with Crippen molar-refractivity contribution in [3.05, 3.63) is 94.5 Å². The van der Waals surface area contributed by atoms with E-state index in [1.54, 1.807) is 11.8 Å². The number of hydrogen-bond acceptors (Lipinski definition) is 5. The molecule has 35 heavy (non-hydrogen) atoms. The molecule has 0 heterocycles. The van der Waals surface area contributed by atoms with E-state index < -0.39 is 0 Å². The molecule has 3 aromatic carbocycles. The molecule has 0 saturated heterocycles. The quantitative estimate of drug-likeness (QED) is 0.158. The van der Waals surface area contributed by atoms with Gasteiger partial charge < -0.3 is 9.47 Å². The van der Waals surface area contributed by atoms with Crippen LogP contribution in [-0.2, 0) is 22.4 Å². The van der Waals surface area contributed by atoms with Gasteiger partial charge >= 0.3 is 5.97 Å². The van der Waals surface area contributed by atoms with Crippen LogP contribution in [0.25, 0.3) is 0 Å². The van der Waals surface area contributed by atoms with E-state index in [0.717, 1.165) is 24.2 Å². The van der Waals surface area contributed by atoms with E-state index in [9.17, 15) is 9.59 Å². The highest BCUT2D eigenvalue weighted by Crippen LogP contribution is 2.27. The van der Waals surface area contributed by atoms with E-state index in [2.05, 4.69) is 32.0 Å². The van der Waals surface area contributed by atoms with E-state index in [1.807, 2.05) is 55.5 Å². The van der Waals surface area contributed by atoms with Crippen molar-refractivity contribution in [2.24, 2.45) is 0 Å². The molecule has 184 valence electrons. The molecule has 1 atom stereocenters. The van der Waals surface area contributed by atoms with Crippen LogP contribution in [0.5, 0.6) is 5.75 Å². The van der Waals surface area contributed by atoms with Crippen molar-refractivity contribution in [1.29, 1.82) is 0 Å². The molecule has 0 spiro atoms. The molecule has 1 unspecified atom stereocenters. The number of thioether (sulfide) groups is 1. The van der Waals surface area contributed by atoms with Crippen LogP contribution in [-0.4, -0.2) is 30.7 Å². The Labute approximate surface area is 213 Å². The summed E-state index contributed by atoms with van der Waals surface area (Å²) in [6, 6.07) is 21.6. The van der Waals surface area contributed by atoms with Crippen molar-refractivity contribution < 1.29 is 19.1 Å². The lowest BCUT2D eigenvalue weighted by molar-refractivity contribution is -0.140. The summed E-state index contributed by atoms with van der Waals surface area (Å²) >= 11 is 1.79. The number of hydrogen-bond donors (Lipinski definition) is 0. The Bertz CT molecular complexity index is 1140. The second-order valence-electron chi connectivity index (χ2n) is 8.61. The fraction of sp³-hybridized carbons (Fsp3) is 0.333. The van der Waals surface area contributed by atoms with Gasteiger partial charge in [-0.15, -0.1) is 11.8 Å². The minimum atomic E-state index is -0.185. The van der Waals surface area contributed by atoms with Crippen LogP contribution in [0.2, 0.25) is 0 Å². The molecule has 0 aromatic heterocycles. The molecule has 0 saturated carbocycles. The highest BCUT2D eigenvalue weighted by atomic mass is 32.2. The van der Waals surface area contributed by atoms with Crippen molar-refractivity contribution in [2.75, 3.05) is 12.9 Å². The van der Waals surface area contributed by atoms with Crippen LogP contribution in [0, 0.1) is 6.92 Å². The van der Waals surface area contributed by atoms with Gasteiger partial charge in [0.25, 0.3) is 0 Å². The number of carbonyl (C=O) groups is 2. The van der Waals surface area contributed by atoms with E-state index in [-0.39, 0.29) is 17.9 Å². The highest BCUT2D eigenvalue weighted by molar-refractivity contribution is 7.99. The van der Waals surface area contributed by atoms with E-state index >= 15 is 0 Å². The summed E-state index contributed by atoms with van der Waals surface area (Å²) < 4.78 is 11.0. The number of ketones is 1. The van der Waals surface area contributed by atoms with Crippen LogP contribution in [0.4, 0.5) is 0 Å². The molecule has 0 radical (unpaired) electrons. The summed E-state index contributed by atoms with van der Waals surface area (Å²) in [4.78, 5) is 25.8. The average molecular weight is 491 g/mol. The molecule has 0 aliphatic rings. The van der Waals surface area contributed by atoms with Crippen LogP contribution in [0.15, 0.2) is 71.6 Å². The first-order valence-electron chi connectivity index (χ1n) is 12.1. The Kier molecular flexibility index (Phi) is 9.98. The van der Waals surface area contributed by atoms with Gasteiger partial charge in [-0.05, 0) is 74.1 Å². The van der Waals surface area contributed by atoms with Crippen LogP contribution in [0.1, 0.15) is 59.3 Å². The third-order valence-electron chi connectivity index (χ3n) is 5.99. The second kappa shape index (κ2) is 13.1. The summed E-state index contributed by atoms with van der Waals surface area (Å²) in [5, 5.41) is 0. The maximum atomic E-state index is 13.2. The lowest BCUT2D eigenvalue weighted by Gasteiger charge is -2.18. The van der Waals surface area contributed by atoms with Gasteiger partial charge in [-0.1, -0.05) is 49.4 Å². The first kappa shape index (κ1) is 26.6. The highest BCUT2D eigenvalue weighted by Gasteiger charge is 2.17. The maximum absolute atomic E-state index is 13.2. The van der Waals surface area contributed by atoms with Crippen molar-refractivity contribution >= 4 is 23.5 Å². The summed E-state index contributed by atoms with van der Waals surface area (Å²) in [5.74, 6) is 1.34. The lowest BCUT2D eigenvalue weighted by Crippen LogP contribution is -2.15. The molecule has 0 fully saturated rings. The van der Waals surface area contributed by atoms with Crippen LogP contribution < -0.4 is 4.74 Å². The number of benzene rings is 3. The van der Waals surface area contributed by atoms with Gasteiger partial charge in [0.05, 0.1) is 18.8 Å². The number of ether oxygens (including phenoxy) is 2. The molecule has 0 N–H and O–H groups in total. The van der Waals surface area contributed by atoms with Gasteiger partial charge in [0, 0.05) is 22.6 Å². The molecule has 0 aliphatic carbocycles. The number of methoxy groups -OCH3 is 1. The maximum Gasteiger partial charge on any atom is 0.305 e. The standard InChI is InChI=1S/C30H34O4S/c1-5-23-11-15-28(27(20-23)30(32)25-9-7-6-8-10-25)34-22(3)17-18-35-26-14-12-24(21(2)19-26)13-16-29(31)33-4/h6-12,14-15,19-20,22H,5,13,16-18H2,1-4H3. The molecule has 0 bridgehead atoms. The SMILES string of the molecule is CCc1ccc(OC(C)CCSc2ccc(CCC(=O)OC)c(C)c2)c(C(=O)c2ccccc2)c1. The lowest BCUT2D eigenvalue weighted by atomic mass is 9.99. The zero-order chi connectivity index (χ0) is 25.2. The van der Waals surface area contributed by atoms with Crippen molar-refractivity contribution in [1.82, 2.24) is 0 Å². The third kappa shape index (κ3) is 7.72. The fourth-order valence-electron chi connectivity index (χ4n) is 3.82. The van der Waals surface area contributed by atoms with Gasteiger partial charge in [0.1, 0.15) is 5.75 Å². The minimum Gasteiger partial charge on any atom is -0.490 e. The molecule has 0 aliphatic heterocycles. The van der Waals surface area contributed by atoms with Gasteiger partial charge in [0.2, 0.25) is 0 Å². The van der Waals surface area contributed by atoms with Crippen molar-refractivity contribution in [3.8, 4) is 5.75 Å². The van der Waals surface area contributed by atoms with Crippen LogP contribution >= 0.6 is 11.8 Å². The third-order valence-corrected chi connectivity index (χ3v) is 7.02. The minimum absolute atomic E-state index is 0.0137. The van der Waals surface area contributed by atoms with E-state index in [4.69, 9.17) is 9.47 Å². The van der Waals surface area contributed by atoms with Gasteiger partial charge in [-0.25, -0.2) is 0 Å². The van der Waals surface area contributed by atoms with Crippen molar-refractivity contribution in [3.63, 3.8) is 0 Å². The van der Waals surface area contributed by atoms with Gasteiger partial charge in [0.15, 0.2) is 5.78 Å². The van der Waals surface area contributed by atoms with E-state index in [1.165, 1.54) is 23.1 Å². The predicted octanol–water partition coefficient (Wildman–Crippen LogP) is 6.84. The molecule has 3 aromatic rings. The van der Waals surface area contributed by atoms with Gasteiger partial charge in [-0.3, -0.25) is 9.59 Å². The molecular formula is C30H34O4S. The zero-order valence-corrected chi connectivity index (χ0v) is 21.8. The summed E-state index contributed by atoms with van der Waals surface area (Å²) in [7, 11) is 1.42. The largest absolute Gasteiger partial charge is 0.490 e. The van der Waals surface area contributed by atoms with Crippen LogP contribution in [0.3, 0.4) is 0 Å². The normalized spacial score (nSPS) is 11.7. The molecule has 3 rings (SSSR count). The Morgan fingerprint density at radius 2 is 1.77 bits per heavy atom. The molecular weight excluding hydrogens is 456 g/mol. The smallest absolute Gasteiger partial charge is 0.305 e. The summed E-state index contributed by atoms with van der Waals surface area (Å²) in [5.41, 5.74) is 4.75. The van der Waals surface area contributed by atoms with Crippen molar-refractivity contribution in [2.45, 2.75) is 57.5 Å². The molecule has 4 nitrogen and oxygen atoms in total. The number of carbonyl (C=O) groups excluding carboxylic acids is 2.